The van der Waals surface area contributed by atoms with Crippen molar-refractivity contribution in [3.63, 3.8) is 0 Å². The maximum atomic E-state index is 11.6. The third-order valence-electron chi connectivity index (χ3n) is 2.40. The van der Waals surface area contributed by atoms with Gasteiger partial charge >= 0.3 is 0 Å². The maximum absolute atomic E-state index is 11.6. The summed E-state index contributed by atoms with van der Waals surface area (Å²) in [6, 6.07) is 0.702. The molecule has 1 rings (SSSR count). The van der Waals surface area contributed by atoms with Crippen LogP contribution in [0.4, 0.5) is 0 Å². The maximum Gasteiger partial charge on any atom is 0.249 e. The second-order valence-electron chi connectivity index (χ2n) is 3.67. The van der Waals surface area contributed by atoms with Gasteiger partial charge in [0.2, 0.25) is 5.91 Å². The summed E-state index contributed by atoms with van der Waals surface area (Å²) in [5.41, 5.74) is 0.969. The predicted molar refractivity (Wildman–Crippen MR) is 49.8 cm³/mol. The van der Waals surface area contributed by atoms with E-state index in [0.29, 0.717) is 12.1 Å². The quantitative estimate of drug-likeness (QED) is 0.547. The van der Waals surface area contributed by atoms with Crippen molar-refractivity contribution in [2.75, 3.05) is 0 Å². The zero-order valence-corrected chi connectivity index (χ0v) is 8.29. The van der Waals surface area contributed by atoms with Crippen molar-refractivity contribution in [2.24, 2.45) is 0 Å². The van der Waals surface area contributed by atoms with Crippen molar-refractivity contribution in [3.05, 3.63) is 11.6 Å². The first kappa shape index (κ1) is 9.30. The van der Waals surface area contributed by atoms with Gasteiger partial charge in [0, 0.05) is 17.7 Å². The van der Waals surface area contributed by atoms with E-state index >= 15 is 0 Å². The van der Waals surface area contributed by atoms with E-state index < -0.39 is 0 Å². The standard InChI is InChI=1S/C10H17NO/c1-5-9-6-8(4)11(7(2)3)10(9)12/h5,7-8H,6H2,1-4H3/b9-5-. The number of carbonyl (C=O) groups excluding carboxylic acids is 1. The minimum Gasteiger partial charge on any atom is -0.333 e. The Bertz CT molecular complexity index is 218. The van der Waals surface area contributed by atoms with E-state index in [-0.39, 0.29) is 5.91 Å². The van der Waals surface area contributed by atoms with Crippen LogP contribution < -0.4 is 0 Å². The molecule has 68 valence electrons. The monoisotopic (exact) mass is 167 g/mol. The number of hydrogen-bond donors (Lipinski definition) is 0. The second-order valence-corrected chi connectivity index (χ2v) is 3.67. The van der Waals surface area contributed by atoms with Crippen molar-refractivity contribution in [1.82, 2.24) is 4.90 Å². The fourth-order valence-electron chi connectivity index (χ4n) is 1.85. The molecular formula is C10H17NO. The van der Waals surface area contributed by atoms with Gasteiger partial charge in [-0.15, -0.1) is 0 Å². The van der Waals surface area contributed by atoms with Crippen LogP contribution in [0.25, 0.3) is 0 Å². The van der Waals surface area contributed by atoms with Crippen molar-refractivity contribution >= 4 is 5.91 Å². The SMILES string of the molecule is C/C=C1/CC(C)N(C(C)C)C1=O. The van der Waals surface area contributed by atoms with Crippen molar-refractivity contribution in [2.45, 2.75) is 46.2 Å². The summed E-state index contributed by atoms with van der Waals surface area (Å²) in [7, 11) is 0. The fraction of sp³-hybridized carbons (Fsp3) is 0.700. The Labute approximate surface area is 74.2 Å². The molecule has 1 atom stereocenters. The number of amides is 1. The van der Waals surface area contributed by atoms with Crippen molar-refractivity contribution in [3.8, 4) is 0 Å². The molecule has 0 radical (unpaired) electrons. The van der Waals surface area contributed by atoms with Crippen LogP contribution >= 0.6 is 0 Å². The molecule has 1 unspecified atom stereocenters. The van der Waals surface area contributed by atoms with Gasteiger partial charge in [0.25, 0.3) is 0 Å². The van der Waals surface area contributed by atoms with Crippen LogP contribution in [-0.2, 0) is 4.79 Å². The van der Waals surface area contributed by atoms with Crippen LogP contribution in [0.1, 0.15) is 34.1 Å². The molecule has 0 bridgehead atoms. The van der Waals surface area contributed by atoms with Gasteiger partial charge in [-0.25, -0.2) is 0 Å². The highest BCUT2D eigenvalue weighted by Crippen LogP contribution is 2.25. The van der Waals surface area contributed by atoms with Crippen LogP contribution in [0, 0.1) is 0 Å². The highest BCUT2D eigenvalue weighted by molar-refractivity contribution is 5.96. The third kappa shape index (κ3) is 1.38. The summed E-state index contributed by atoms with van der Waals surface area (Å²) < 4.78 is 0. The van der Waals surface area contributed by atoms with E-state index in [4.69, 9.17) is 0 Å². The molecule has 0 aromatic rings. The normalized spacial score (nSPS) is 27.8. The van der Waals surface area contributed by atoms with Crippen molar-refractivity contribution < 1.29 is 4.79 Å². The molecule has 0 aliphatic carbocycles. The molecule has 1 heterocycles. The highest BCUT2D eigenvalue weighted by Gasteiger charge is 2.32. The summed E-state index contributed by atoms with van der Waals surface area (Å²) in [6.45, 7) is 8.16. The summed E-state index contributed by atoms with van der Waals surface area (Å²) in [5, 5.41) is 0. The van der Waals surface area contributed by atoms with Gasteiger partial charge in [0.05, 0.1) is 0 Å². The lowest BCUT2D eigenvalue weighted by molar-refractivity contribution is -0.127. The summed E-state index contributed by atoms with van der Waals surface area (Å²) in [6.07, 6.45) is 2.84. The molecule has 0 aromatic carbocycles. The Hall–Kier alpha value is -0.790. The molecule has 1 aliphatic rings. The predicted octanol–water partition coefficient (Wildman–Crippen LogP) is 1.96. The molecule has 0 aromatic heterocycles. The lowest BCUT2D eigenvalue weighted by Gasteiger charge is -2.25. The Morgan fingerprint density at radius 2 is 2.17 bits per heavy atom. The van der Waals surface area contributed by atoms with Crippen LogP contribution in [0.2, 0.25) is 0 Å². The van der Waals surface area contributed by atoms with Gasteiger partial charge in [0.15, 0.2) is 0 Å². The molecule has 0 saturated carbocycles. The molecule has 2 heteroatoms. The summed E-state index contributed by atoms with van der Waals surface area (Å²) in [4.78, 5) is 13.6. The van der Waals surface area contributed by atoms with E-state index in [1.54, 1.807) is 0 Å². The van der Waals surface area contributed by atoms with Crippen LogP contribution in [0.5, 0.6) is 0 Å². The van der Waals surface area contributed by atoms with Crippen LogP contribution in [0.15, 0.2) is 11.6 Å². The molecule has 1 fully saturated rings. The van der Waals surface area contributed by atoms with Crippen molar-refractivity contribution in [1.29, 1.82) is 0 Å². The molecular weight excluding hydrogens is 150 g/mol. The minimum absolute atomic E-state index is 0.222. The van der Waals surface area contributed by atoms with Gasteiger partial charge in [-0.05, 0) is 34.1 Å². The van der Waals surface area contributed by atoms with Crippen LogP contribution in [0.3, 0.4) is 0 Å². The summed E-state index contributed by atoms with van der Waals surface area (Å²) >= 11 is 0. The number of likely N-dealkylation sites (tertiary alicyclic amines) is 1. The Kier molecular flexibility index (Phi) is 2.55. The fourth-order valence-corrected chi connectivity index (χ4v) is 1.85. The highest BCUT2D eigenvalue weighted by atomic mass is 16.2. The molecule has 1 amide bonds. The number of carbonyl (C=O) groups is 1. The van der Waals surface area contributed by atoms with E-state index in [1.807, 2.05) is 17.9 Å². The second kappa shape index (κ2) is 3.30. The van der Waals surface area contributed by atoms with Gasteiger partial charge in [-0.2, -0.15) is 0 Å². The Balaban J connectivity index is 2.85. The first-order chi connectivity index (χ1) is 5.57. The number of nitrogens with zero attached hydrogens (tertiary/aromatic N) is 1. The lowest BCUT2D eigenvalue weighted by atomic mass is 10.2. The minimum atomic E-state index is 0.222. The first-order valence-corrected chi connectivity index (χ1v) is 4.55. The lowest BCUT2D eigenvalue weighted by Crippen LogP contribution is -2.37. The van der Waals surface area contributed by atoms with E-state index in [2.05, 4.69) is 20.8 Å². The number of rotatable bonds is 1. The Morgan fingerprint density at radius 1 is 1.58 bits per heavy atom. The summed E-state index contributed by atoms with van der Waals surface area (Å²) in [5.74, 6) is 0.222. The third-order valence-corrected chi connectivity index (χ3v) is 2.40. The molecule has 2 nitrogen and oxygen atoms in total. The van der Waals surface area contributed by atoms with E-state index in [0.717, 1.165) is 12.0 Å². The van der Waals surface area contributed by atoms with E-state index in [1.165, 1.54) is 0 Å². The molecule has 0 spiro atoms. The molecule has 12 heavy (non-hydrogen) atoms. The van der Waals surface area contributed by atoms with Crippen LogP contribution in [-0.4, -0.2) is 22.9 Å². The van der Waals surface area contributed by atoms with E-state index in [9.17, 15) is 4.79 Å². The molecule has 0 N–H and O–H groups in total. The van der Waals surface area contributed by atoms with Gasteiger partial charge in [-0.3, -0.25) is 4.79 Å². The van der Waals surface area contributed by atoms with Gasteiger partial charge in [0.1, 0.15) is 0 Å². The molecule has 1 aliphatic heterocycles. The smallest absolute Gasteiger partial charge is 0.249 e. The topological polar surface area (TPSA) is 20.3 Å². The number of hydrogen-bond acceptors (Lipinski definition) is 1. The average Bonchev–Trinajstić information content (AvgIpc) is 2.25. The zero-order chi connectivity index (χ0) is 9.30. The number of allylic oxidation sites excluding steroid dienone is 1. The average molecular weight is 167 g/mol. The first-order valence-electron chi connectivity index (χ1n) is 4.55. The largest absolute Gasteiger partial charge is 0.333 e. The van der Waals surface area contributed by atoms with Gasteiger partial charge < -0.3 is 4.90 Å². The Morgan fingerprint density at radius 3 is 2.42 bits per heavy atom. The zero-order valence-electron chi connectivity index (χ0n) is 8.29. The van der Waals surface area contributed by atoms with Gasteiger partial charge in [-0.1, -0.05) is 6.08 Å². The molecule has 1 saturated heterocycles.